The molecule has 1 fully saturated rings. The SMILES string of the molecule is N#Cc1cccnc1N1CCN([C@H](C(=O)O)c2c[nH]c3ccc(OCc4ccccc4)cc23)CC1. The van der Waals surface area contributed by atoms with Gasteiger partial charge in [-0.1, -0.05) is 30.3 Å². The first-order valence-corrected chi connectivity index (χ1v) is 11.5. The Morgan fingerprint density at radius 3 is 2.66 bits per heavy atom. The summed E-state index contributed by atoms with van der Waals surface area (Å²) in [6, 6.07) is 20.5. The van der Waals surface area contributed by atoms with Crippen molar-refractivity contribution in [1.29, 1.82) is 5.26 Å². The summed E-state index contributed by atoms with van der Waals surface area (Å²) in [7, 11) is 0. The average Bonchev–Trinajstić information content (AvgIpc) is 3.31. The Bertz CT molecular complexity index is 1370. The Morgan fingerprint density at radius 1 is 1.11 bits per heavy atom. The van der Waals surface area contributed by atoms with Gasteiger partial charge in [0.15, 0.2) is 0 Å². The fourth-order valence-electron chi connectivity index (χ4n) is 4.59. The van der Waals surface area contributed by atoms with Crippen molar-refractivity contribution in [2.75, 3.05) is 31.1 Å². The topological polar surface area (TPSA) is 105 Å². The summed E-state index contributed by atoms with van der Waals surface area (Å²) in [4.78, 5) is 24.0. The standard InChI is InChI=1S/C27H25N5O3/c28-16-20-7-4-10-29-26(20)32-13-11-31(12-14-32)25(27(33)34)23-17-30-24-9-8-21(15-22(23)24)35-18-19-5-2-1-3-6-19/h1-10,15,17,25,30H,11-14,18H2,(H,33,34)/t25-/m0/s1. The van der Waals surface area contributed by atoms with E-state index in [1.54, 1.807) is 24.5 Å². The van der Waals surface area contributed by atoms with Crippen molar-refractivity contribution in [1.82, 2.24) is 14.9 Å². The van der Waals surface area contributed by atoms with Crippen molar-refractivity contribution in [3.63, 3.8) is 0 Å². The smallest absolute Gasteiger partial charge is 0.325 e. The molecule has 1 aliphatic rings. The lowest BCUT2D eigenvalue weighted by atomic mass is 10.0. The van der Waals surface area contributed by atoms with E-state index < -0.39 is 12.0 Å². The number of nitrogens with one attached hydrogen (secondary N) is 1. The minimum absolute atomic E-state index is 0.439. The first-order chi connectivity index (χ1) is 17.1. The molecule has 8 heteroatoms. The zero-order chi connectivity index (χ0) is 24.2. The molecule has 0 radical (unpaired) electrons. The van der Waals surface area contributed by atoms with Crippen molar-refractivity contribution in [3.8, 4) is 11.8 Å². The van der Waals surface area contributed by atoms with Gasteiger partial charge >= 0.3 is 5.97 Å². The van der Waals surface area contributed by atoms with E-state index in [1.807, 2.05) is 58.3 Å². The predicted molar refractivity (Wildman–Crippen MR) is 132 cm³/mol. The van der Waals surface area contributed by atoms with Gasteiger partial charge in [0, 0.05) is 55.0 Å². The molecule has 2 aromatic carbocycles. The second-order valence-corrected chi connectivity index (χ2v) is 8.48. The second kappa shape index (κ2) is 9.87. The molecule has 0 unspecified atom stereocenters. The van der Waals surface area contributed by atoms with Gasteiger partial charge in [0.05, 0.1) is 5.56 Å². The molecule has 1 atom stereocenters. The molecular weight excluding hydrogens is 442 g/mol. The number of rotatable bonds is 7. The molecule has 5 rings (SSSR count). The Balaban J connectivity index is 1.35. The zero-order valence-electron chi connectivity index (χ0n) is 19.1. The normalized spacial score (nSPS) is 15.0. The lowest BCUT2D eigenvalue weighted by Gasteiger charge is -2.38. The van der Waals surface area contributed by atoms with Crippen LogP contribution in [0.5, 0.6) is 5.75 Å². The highest BCUT2D eigenvalue weighted by Crippen LogP contribution is 2.32. The molecule has 0 bridgehead atoms. The summed E-state index contributed by atoms with van der Waals surface area (Å²) in [5.41, 5.74) is 3.16. The largest absolute Gasteiger partial charge is 0.489 e. The number of H-pyrrole nitrogens is 1. The van der Waals surface area contributed by atoms with E-state index in [2.05, 4.69) is 16.0 Å². The highest BCUT2D eigenvalue weighted by atomic mass is 16.5. The molecule has 0 aliphatic carbocycles. The van der Waals surface area contributed by atoms with Crippen LogP contribution in [0.1, 0.15) is 22.7 Å². The number of aromatic nitrogens is 2. The molecule has 3 heterocycles. The Kier molecular flexibility index (Phi) is 6.33. The van der Waals surface area contributed by atoms with Crippen molar-refractivity contribution >= 4 is 22.7 Å². The van der Waals surface area contributed by atoms with Gasteiger partial charge in [-0.25, -0.2) is 4.98 Å². The summed E-state index contributed by atoms with van der Waals surface area (Å²) in [5, 5.41) is 20.4. The van der Waals surface area contributed by atoms with Gasteiger partial charge in [0.25, 0.3) is 0 Å². The number of aromatic amines is 1. The number of carbonyl (C=O) groups is 1. The van der Waals surface area contributed by atoms with E-state index >= 15 is 0 Å². The first kappa shape index (κ1) is 22.4. The molecule has 1 saturated heterocycles. The number of carboxylic acid groups (broad SMARTS) is 1. The third-order valence-electron chi connectivity index (χ3n) is 6.35. The summed E-state index contributed by atoms with van der Waals surface area (Å²) >= 11 is 0. The first-order valence-electron chi connectivity index (χ1n) is 11.5. The maximum absolute atomic E-state index is 12.4. The van der Waals surface area contributed by atoms with E-state index in [0.29, 0.717) is 55.5 Å². The third-order valence-corrected chi connectivity index (χ3v) is 6.35. The monoisotopic (exact) mass is 467 g/mol. The number of nitrogens with zero attached hydrogens (tertiary/aromatic N) is 4. The molecule has 2 aromatic heterocycles. The molecule has 0 spiro atoms. The molecule has 8 nitrogen and oxygen atoms in total. The second-order valence-electron chi connectivity index (χ2n) is 8.48. The van der Waals surface area contributed by atoms with Gasteiger partial charge in [0.2, 0.25) is 0 Å². The van der Waals surface area contributed by atoms with Crippen LogP contribution < -0.4 is 9.64 Å². The van der Waals surface area contributed by atoms with Crippen LogP contribution in [0.2, 0.25) is 0 Å². The van der Waals surface area contributed by atoms with E-state index in [0.717, 1.165) is 16.5 Å². The van der Waals surface area contributed by atoms with E-state index in [9.17, 15) is 15.2 Å². The number of ether oxygens (including phenoxy) is 1. The highest BCUT2D eigenvalue weighted by Gasteiger charge is 2.33. The van der Waals surface area contributed by atoms with Crippen LogP contribution in [0.4, 0.5) is 5.82 Å². The van der Waals surface area contributed by atoms with Crippen molar-refractivity contribution in [2.24, 2.45) is 0 Å². The van der Waals surface area contributed by atoms with Gasteiger partial charge in [0.1, 0.15) is 30.3 Å². The van der Waals surface area contributed by atoms with E-state index in [4.69, 9.17) is 4.74 Å². The fourth-order valence-corrected chi connectivity index (χ4v) is 4.59. The number of nitriles is 1. The van der Waals surface area contributed by atoms with Crippen LogP contribution in [0.15, 0.2) is 73.1 Å². The number of anilines is 1. The number of carboxylic acids is 1. The molecule has 35 heavy (non-hydrogen) atoms. The number of aliphatic carboxylic acids is 1. The quantitative estimate of drug-likeness (QED) is 0.424. The Morgan fingerprint density at radius 2 is 1.91 bits per heavy atom. The molecule has 4 aromatic rings. The van der Waals surface area contributed by atoms with Crippen LogP contribution >= 0.6 is 0 Å². The van der Waals surface area contributed by atoms with Gasteiger partial charge < -0.3 is 19.7 Å². The van der Waals surface area contributed by atoms with Crippen LogP contribution in [0.3, 0.4) is 0 Å². The fraction of sp³-hybridized carbons (Fsp3) is 0.222. The van der Waals surface area contributed by atoms with E-state index in [1.165, 1.54) is 0 Å². The lowest BCUT2D eigenvalue weighted by Crippen LogP contribution is -2.49. The van der Waals surface area contributed by atoms with Crippen LogP contribution in [-0.2, 0) is 11.4 Å². The summed E-state index contributed by atoms with van der Waals surface area (Å²) in [5.74, 6) is 0.440. The summed E-state index contributed by atoms with van der Waals surface area (Å²) in [6.45, 7) is 2.69. The van der Waals surface area contributed by atoms with Crippen LogP contribution in [-0.4, -0.2) is 52.1 Å². The number of hydrogen-bond donors (Lipinski definition) is 2. The molecule has 176 valence electrons. The van der Waals surface area contributed by atoms with Gasteiger partial charge in [-0.2, -0.15) is 5.26 Å². The van der Waals surface area contributed by atoms with Crippen LogP contribution in [0, 0.1) is 11.3 Å². The number of pyridine rings is 1. The molecule has 0 saturated carbocycles. The number of hydrogen-bond acceptors (Lipinski definition) is 6. The average molecular weight is 468 g/mol. The maximum atomic E-state index is 12.4. The lowest BCUT2D eigenvalue weighted by molar-refractivity contribution is -0.143. The molecule has 2 N–H and O–H groups in total. The summed E-state index contributed by atoms with van der Waals surface area (Å²) < 4.78 is 5.98. The maximum Gasteiger partial charge on any atom is 0.325 e. The van der Waals surface area contributed by atoms with Crippen molar-refractivity contribution < 1.29 is 14.6 Å². The predicted octanol–water partition coefficient (Wildman–Crippen LogP) is 3.96. The Hall–Kier alpha value is -4.35. The van der Waals surface area contributed by atoms with Gasteiger partial charge in [-0.15, -0.1) is 0 Å². The zero-order valence-corrected chi connectivity index (χ0v) is 19.1. The van der Waals surface area contributed by atoms with Crippen molar-refractivity contribution in [2.45, 2.75) is 12.6 Å². The Labute approximate surface area is 203 Å². The van der Waals surface area contributed by atoms with Crippen molar-refractivity contribution in [3.05, 3.63) is 89.7 Å². The van der Waals surface area contributed by atoms with Crippen LogP contribution in [0.25, 0.3) is 10.9 Å². The molecule has 1 aliphatic heterocycles. The summed E-state index contributed by atoms with van der Waals surface area (Å²) in [6.07, 6.45) is 3.45. The highest BCUT2D eigenvalue weighted by molar-refractivity contribution is 5.90. The van der Waals surface area contributed by atoms with Gasteiger partial charge in [-0.3, -0.25) is 9.69 Å². The third kappa shape index (κ3) is 4.67. The minimum Gasteiger partial charge on any atom is -0.489 e. The number of piperazine rings is 1. The number of benzene rings is 2. The molecular formula is C27H25N5O3. The van der Waals surface area contributed by atoms with E-state index in [-0.39, 0.29) is 0 Å². The molecule has 0 amide bonds. The number of fused-ring (bicyclic) bond motifs is 1. The van der Waals surface area contributed by atoms with Gasteiger partial charge in [-0.05, 0) is 35.9 Å². The minimum atomic E-state index is -0.898.